The lowest BCUT2D eigenvalue weighted by Crippen LogP contribution is -2.58. The number of hydrogen-bond acceptors (Lipinski definition) is 7. The summed E-state index contributed by atoms with van der Waals surface area (Å²) < 4.78 is 12.2. The Morgan fingerprint density at radius 3 is 2.40 bits per heavy atom. The van der Waals surface area contributed by atoms with Crippen LogP contribution in [-0.4, -0.2) is 83.9 Å². The Kier molecular flexibility index (Phi) is 8.75. The summed E-state index contributed by atoms with van der Waals surface area (Å²) in [5, 5.41) is 10.1. The van der Waals surface area contributed by atoms with E-state index < -0.39 is 41.1 Å². The molecule has 3 aliphatic rings. The fourth-order valence-corrected chi connectivity index (χ4v) is 6.93. The van der Waals surface area contributed by atoms with Crippen LogP contribution in [0.2, 0.25) is 0 Å². The molecule has 1 aromatic rings. The zero-order chi connectivity index (χ0) is 29.2. The predicted molar refractivity (Wildman–Crippen MR) is 154 cm³/mol. The smallest absolute Gasteiger partial charge is 0.312 e. The standard InChI is InChI=1S/C31H43N3O6/c1-7-11-19-39-29(38)25-24-27(36)34(21(5)20-35)26(31(24)17-16-30(25,6)40-31)28(37)33(18-8-2)23-14-12-22(13-15-23)32(9-3)10-4/h7-8,12-15,21,24-26,35H,1-2,9-11,16-20H2,3-6H3/t21-,24+,25-,26?,30+,31?/m1/s1. The molecule has 1 aromatic carbocycles. The molecule has 4 rings (SSSR count). The minimum Gasteiger partial charge on any atom is -0.465 e. The molecule has 9 nitrogen and oxygen atoms in total. The van der Waals surface area contributed by atoms with Crippen molar-refractivity contribution in [3.8, 4) is 0 Å². The Morgan fingerprint density at radius 2 is 1.82 bits per heavy atom. The topological polar surface area (TPSA) is 99.6 Å². The molecule has 3 saturated heterocycles. The van der Waals surface area contributed by atoms with E-state index in [1.165, 1.54) is 4.90 Å². The molecule has 40 heavy (non-hydrogen) atoms. The Hall–Kier alpha value is -3.17. The Labute approximate surface area is 237 Å². The van der Waals surface area contributed by atoms with Gasteiger partial charge < -0.3 is 29.3 Å². The van der Waals surface area contributed by atoms with Crippen molar-refractivity contribution < 1.29 is 29.0 Å². The van der Waals surface area contributed by atoms with Gasteiger partial charge in [0.25, 0.3) is 5.91 Å². The van der Waals surface area contributed by atoms with E-state index in [0.29, 0.717) is 24.9 Å². The van der Waals surface area contributed by atoms with Crippen LogP contribution in [0.3, 0.4) is 0 Å². The van der Waals surface area contributed by atoms with E-state index in [1.54, 1.807) is 24.0 Å². The monoisotopic (exact) mass is 553 g/mol. The Morgan fingerprint density at radius 1 is 1.18 bits per heavy atom. The van der Waals surface area contributed by atoms with Crippen LogP contribution in [0.5, 0.6) is 0 Å². The fraction of sp³-hybridized carbons (Fsp3) is 0.581. The van der Waals surface area contributed by atoms with E-state index in [9.17, 15) is 19.5 Å². The second-order valence-corrected chi connectivity index (χ2v) is 11.2. The Balaban J connectivity index is 1.74. The summed E-state index contributed by atoms with van der Waals surface area (Å²) in [6.45, 7) is 17.0. The third-order valence-corrected chi connectivity index (χ3v) is 8.88. The number of rotatable bonds is 13. The van der Waals surface area contributed by atoms with Crippen molar-refractivity contribution >= 4 is 29.2 Å². The molecule has 218 valence electrons. The van der Waals surface area contributed by atoms with Gasteiger partial charge in [-0.3, -0.25) is 14.4 Å². The number of anilines is 2. The van der Waals surface area contributed by atoms with E-state index in [0.717, 1.165) is 18.8 Å². The predicted octanol–water partition coefficient (Wildman–Crippen LogP) is 3.32. The molecule has 9 heteroatoms. The Bertz CT molecular complexity index is 1130. The number of fused-ring (bicyclic) bond motifs is 1. The van der Waals surface area contributed by atoms with Crippen LogP contribution in [0.1, 0.15) is 47.0 Å². The second-order valence-electron chi connectivity index (χ2n) is 11.2. The van der Waals surface area contributed by atoms with Crippen LogP contribution in [0, 0.1) is 11.8 Å². The third-order valence-electron chi connectivity index (χ3n) is 8.88. The van der Waals surface area contributed by atoms with Crippen LogP contribution in [0.4, 0.5) is 11.4 Å². The second kappa shape index (κ2) is 11.7. The molecule has 2 amide bonds. The first-order chi connectivity index (χ1) is 19.1. The zero-order valence-electron chi connectivity index (χ0n) is 24.2. The molecule has 3 fully saturated rings. The summed E-state index contributed by atoms with van der Waals surface area (Å²) in [6.07, 6.45) is 4.78. The van der Waals surface area contributed by atoms with Gasteiger partial charge in [-0.25, -0.2) is 0 Å². The molecular weight excluding hydrogens is 510 g/mol. The molecule has 3 heterocycles. The van der Waals surface area contributed by atoms with E-state index in [2.05, 4.69) is 31.9 Å². The van der Waals surface area contributed by atoms with E-state index in [1.807, 2.05) is 31.2 Å². The average molecular weight is 554 g/mol. The zero-order valence-corrected chi connectivity index (χ0v) is 24.2. The minimum atomic E-state index is -1.20. The first-order valence-electron chi connectivity index (χ1n) is 14.3. The number of amides is 2. The molecule has 0 radical (unpaired) electrons. The summed E-state index contributed by atoms with van der Waals surface area (Å²) in [4.78, 5) is 47.3. The first-order valence-corrected chi connectivity index (χ1v) is 14.3. The number of hydrogen-bond donors (Lipinski definition) is 1. The van der Waals surface area contributed by atoms with Crippen molar-refractivity contribution in [2.24, 2.45) is 11.8 Å². The molecule has 2 bridgehead atoms. The minimum absolute atomic E-state index is 0.165. The van der Waals surface area contributed by atoms with Crippen LogP contribution < -0.4 is 9.80 Å². The summed E-state index contributed by atoms with van der Waals surface area (Å²) in [5.41, 5.74) is -0.403. The third kappa shape index (κ3) is 4.73. The first kappa shape index (κ1) is 29.8. The van der Waals surface area contributed by atoms with Crippen molar-refractivity contribution in [2.45, 2.75) is 70.2 Å². The molecule has 3 aliphatic heterocycles. The number of ether oxygens (including phenoxy) is 2. The van der Waals surface area contributed by atoms with Gasteiger partial charge in [-0.1, -0.05) is 12.2 Å². The van der Waals surface area contributed by atoms with Crippen molar-refractivity contribution in [1.82, 2.24) is 4.90 Å². The highest BCUT2D eigenvalue weighted by Gasteiger charge is 2.79. The highest BCUT2D eigenvalue weighted by atomic mass is 16.6. The van der Waals surface area contributed by atoms with Crippen LogP contribution in [0.15, 0.2) is 49.6 Å². The molecule has 1 spiro atoms. The lowest BCUT2D eigenvalue weighted by Gasteiger charge is -2.38. The highest BCUT2D eigenvalue weighted by Crippen LogP contribution is 2.63. The number of carbonyl (C=O) groups excluding carboxylic acids is 3. The largest absolute Gasteiger partial charge is 0.465 e. The lowest BCUT2D eigenvalue weighted by molar-refractivity contribution is -0.160. The number of esters is 1. The van der Waals surface area contributed by atoms with Gasteiger partial charge >= 0.3 is 5.97 Å². The summed E-state index contributed by atoms with van der Waals surface area (Å²) in [5.74, 6) is -2.89. The van der Waals surface area contributed by atoms with Gasteiger partial charge in [-0.2, -0.15) is 0 Å². The molecule has 0 saturated carbocycles. The SMILES string of the molecule is C=CCCOC(=O)[C@H]1[C@H]2C(=O)N([C@H](C)CO)C(C(=O)N(CC=C)c3ccc(N(CC)CC)cc3)C23CC[C@]1(C)O3. The summed E-state index contributed by atoms with van der Waals surface area (Å²) in [7, 11) is 0. The van der Waals surface area contributed by atoms with Crippen molar-refractivity contribution in [1.29, 1.82) is 0 Å². The van der Waals surface area contributed by atoms with Gasteiger partial charge in [0, 0.05) is 31.0 Å². The molecule has 2 unspecified atom stereocenters. The van der Waals surface area contributed by atoms with Crippen LogP contribution in [-0.2, 0) is 23.9 Å². The summed E-state index contributed by atoms with van der Waals surface area (Å²) >= 11 is 0. The number of benzene rings is 1. The van der Waals surface area contributed by atoms with E-state index in [-0.39, 0.29) is 31.6 Å². The van der Waals surface area contributed by atoms with Crippen molar-refractivity contribution in [2.75, 3.05) is 42.6 Å². The molecular formula is C31H43N3O6. The quantitative estimate of drug-likeness (QED) is 0.227. The number of aliphatic hydroxyl groups excluding tert-OH is 1. The molecule has 0 aliphatic carbocycles. The highest BCUT2D eigenvalue weighted by molar-refractivity contribution is 6.05. The number of carbonyl (C=O) groups is 3. The van der Waals surface area contributed by atoms with Crippen molar-refractivity contribution in [3.05, 3.63) is 49.6 Å². The number of aliphatic hydroxyl groups is 1. The van der Waals surface area contributed by atoms with E-state index in [4.69, 9.17) is 9.47 Å². The summed E-state index contributed by atoms with van der Waals surface area (Å²) in [6, 6.07) is 6.10. The number of nitrogens with zero attached hydrogens (tertiary/aromatic N) is 3. The van der Waals surface area contributed by atoms with Crippen LogP contribution >= 0.6 is 0 Å². The van der Waals surface area contributed by atoms with Gasteiger partial charge in [-0.05, 0) is 71.2 Å². The molecule has 6 atom stereocenters. The van der Waals surface area contributed by atoms with E-state index >= 15 is 0 Å². The number of likely N-dealkylation sites (tertiary alicyclic amines) is 1. The van der Waals surface area contributed by atoms with Gasteiger partial charge in [0.05, 0.1) is 30.8 Å². The molecule has 0 aromatic heterocycles. The van der Waals surface area contributed by atoms with Crippen LogP contribution in [0.25, 0.3) is 0 Å². The lowest BCUT2D eigenvalue weighted by atomic mass is 9.66. The fourth-order valence-electron chi connectivity index (χ4n) is 6.93. The maximum absolute atomic E-state index is 14.5. The average Bonchev–Trinajstić information content (AvgIpc) is 3.52. The maximum Gasteiger partial charge on any atom is 0.312 e. The molecule has 1 N–H and O–H groups in total. The van der Waals surface area contributed by atoms with Gasteiger partial charge in [0.2, 0.25) is 5.91 Å². The van der Waals surface area contributed by atoms with Gasteiger partial charge in [0.1, 0.15) is 17.6 Å². The van der Waals surface area contributed by atoms with Gasteiger partial charge in [0.15, 0.2) is 0 Å². The van der Waals surface area contributed by atoms with Crippen molar-refractivity contribution in [3.63, 3.8) is 0 Å². The normalized spacial score (nSPS) is 29.2. The maximum atomic E-state index is 14.5. The van der Waals surface area contributed by atoms with Gasteiger partial charge in [-0.15, -0.1) is 13.2 Å².